The summed E-state index contributed by atoms with van der Waals surface area (Å²) in [5.41, 5.74) is 2.28. The van der Waals surface area contributed by atoms with Gasteiger partial charge >= 0.3 is 0 Å². The second-order valence-electron chi connectivity index (χ2n) is 6.64. The molecule has 0 saturated heterocycles. The van der Waals surface area contributed by atoms with Gasteiger partial charge in [-0.3, -0.25) is 9.59 Å². The number of amides is 2. The summed E-state index contributed by atoms with van der Waals surface area (Å²) in [6.07, 6.45) is 0. The van der Waals surface area contributed by atoms with E-state index in [1.165, 1.54) is 0 Å². The van der Waals surface area contributed by atoms with E-state index in [4.69, 9.17) is 16.0 Å². The van der Waals surface area contributed by atoms with Gasteiger partial charge in [-0.2, -0.15) is 0 Å². The number of hydrogen-bond donors (Lipinski definition) is 2. The minimum Gasteiger partial charge on any atom is -0.451 e. The normalized spacial score (nSPS) is 10.5. The van der Waals surface area contributed by atoms with E-state index in [9.17, 15) is 9.59 Å². The van der Waals surface area contributed by atoms with Crippen molar-refractivity contribution < 1.29 is 14.0 Å². The molecule has 0 radical (unpaired) electrons. The first-order chi connectivity index (χ1) is 15.0. The Morgan fingerprint density at radius 3 is 2.16 bits per heavy atom. The molecule has 0 bridgehead atoms. The van der Waals surface area contributed by atoms with Crippen molar-refractivity contribution in [1.29, 1.82) is 0 Å². The topological polar surface area (TPSA) is 71.3 Å². The van der Waals surface area contributed by atoms with E-state index in [1.807, 2.05) is 24.3 Å². The first kappa shape index (κ1) is 20.9. The summed E-state index contributed by atoms with van der Waals surface area (Å²) < 4.78 is 6.66. The summed E-state index contributed by atoms with van der Waals surface area (Å²) in [5.74, 6) is 0.0546. The van der Waals surface area contributed by atoms with E-state index in [0.717, 1.165) is 10.0 Å². The maximum Gasteiger partial charge on any atom is 0.291 e. The number of carbonyl (C=O) groups excluding carboxylic acids is 2. The van der Waals surface area contributed by atoms with E-state index in [2.05, 4.69) is 26.6 Å². The molecule has 0 saturated carbocycles. The van der Waals surface area contributed by atoms with Crippen LogP contribution < -0.4 is 10.6 Å². The molecule has 4 rings (SSSR count). The van der Waals surface area contributed by atoms with Gasteiger partial charge in [0.15, 0.2) is 5.76 Å². The van der Waals surface area contributed by atoms with Crippen molar-refractivity contribution in [3.8, 4) is 11.3 Å². The molecule has 7 heteroatoms. The van der Waals surface area contributed by atoms with Gasteiger partial charge < -0.3 is 15.1 Å². The van der Waals surface area contributed by atoms with Crippen LogP contribution in [0.1, 0.15) is 20.9 Å². The molecule has 0 fully saturated rings. The van der Waals surface area contributed by atoms with E-state index < -0.39 is 5.91 Å². The molecular weight excluding hydrogens is 480 g/mol. The number of hydrogen-bond acceptors (Lipinski definition) is 3. The molecule has 1 heterocycles. The van der Waals surface area contributed by atoms with Crippen molar-refractivity contribution in [3.05, 3.63) is 106 Å². The van der Waals surface area contributed by atoms with Crippen LogP contribution in [0.5, 0.6) is 0 Å². The smallest absolute Gasteiger partial charge is 0.291 e. The van der Waals surface area contributed by atoms with Crippen molar-refractivity contribution >= 4 is 50.7 Å². The average molecular weight is 496 g/mol. The van der Waals surface area contributed by atoms with Crippen molar-refractivity contribution in [3.63, 3.8) is 0 Å². The summed E-state index contributed by atoms with van der Waals surface area (Å²) in [5, 5.41) is 5.92. The van der Waals surface area contributed by atoms with Crippen LogP contribution in [0, 0.1) is 0 Å². The van der Waals surface area contributed by atoms with Gasteiger partial charge in [-0.1, -0.05) is 57.9 Å². The Morgan fingerprint density at radius 2 is 1.45 bits per heavy atom. The summed E-state index contributed by atoms with van der Waals surface area (Å²) in [4.78, 5) is 25.0. The molecule has 2 N–H and O–H groups in total. The van der Waals surface area contributed by atoms with E-state index in [0.29, 0.717) is 27.7 Å². The molecule has 0 atom stereocenters. The lowest BCUT2D eigenvalue weighted by Gasteiger charge is -2.09. The Morgan fingerprint density at radius 1 is 0.774 bits per heavy atom. The third-order valence-electron chi connectivity index (χ3n) is 4.46. The first-order valence-corrected chi connectivity index (χ1v) is 10.5. The number of furan rings is 1. The van der Waals surface area contributed by atoms with Crippen molar-refractivity contribution in [1.82, 2.24) is 0 Å². The Balaban J connectivity index is 1.45. The maximum absolute atomic E-state index is 12.6. The summed E-state index contributed by atoms with van der Waals surface area (Å²) in [6, 6.07) is 24.6. The van der Waals surface area contributed by atoms with Gasteiger partial charge in [0.05, 0.1) is 10.6 Å². The maximum atomic E-state index is 12.6. The van der Waals surface area contributed by atoms with Crippen LogP contribution in [0.25, 0.3) is 11.3 Å². The highest BCUT2D eigenvalue weighted by molar-refractivity contribution is 9.10. The van der Waals surface area contributed by atoms with Crippen molar-refractivity contribution in [2.24, 2.45) is 0 Å². The Labute approximate surface area is 192 Å². The van der Waals surface area contributed by atoms with Crippen LogP contribution in [0.4, 0.5) is 11.4 Å². The highest BCUT2D eigenvalue weighted by atomic mass is 79.9. The zero-order valence-corrected chi connectivity index (χ0v) is 18.4. The summed E-state index contributed by atoms with van der Waals surface area (Å²) in [7, 11) is 0. The molecular formula is C24H16BrClN2O3. The number of rotatable bonds is 5. The number of nitrogens with one attached hydrogen (secondary N) is 2. The Hall–Kier alpha value is -3.35. The predicted octanol–water partition coefficient (Wildman–Crippen LogP) is 6.87. The first-order valence-electron chi connectivity index (χ1n) is 9.33. The van der Waals surface area contributed by atoms with E-state index >= 15 is 0 Å². The third kappa shape index (κ3) is 5.05. The number of halogens is 2. The zero-order chi connectivity index (χ0) is 21.8. The van der Waals surface area contributed by atoms with Crippen LogP contribution in [-0.2, 0) is 0 Å². The predicted molar refractivity (Wildman–Crippen MR) is 126 cm³/mol. The number of benzene rings is 3. The average Bonchev–Trinajstić information content (AvgIpc) is 3.25. The van der Waals surface area contributed by atoms with Crippen molar-refractivity contribution in [2.75, 3.05) is 10.6 Å². The monoisotopic (exact) mass is 494 g/mol. The standard InChI is InChI=1S/C24H16BrClN2O3/c25-16-10-8-15(9-11-16)21-12-13-22(31-21)24(30)28-18-5-3-4-17(14-18)27-23(29)19-6-1-2-7-20(19)26/h1-14H,(H,27,29)(H,28,30). The quantitative estimate of drug-likeness (QED) is 0.317. The molecule has 0 spiro atoms. The molecule has 154 valence electrons. The molecule has 0 aliphatic carbocycles. The fourth-order valence-corrected chi connectivity index (χ4v) is 3.43. The van der Waals surface area contributed by atoms with Crippen LogP contribution in [0.15, 0.2) is 93.8 Å². The number of carbonyl (C=O) groups is 2. The van der Waals surface area contributed by atoms with Crippen LogP contribution in [0.2, 0.25) is 5.02 Å². The van der Waals surface area contributed by atoms with Crippen LogP contribution in [-0.4, -0.2) is 11.8 Å². The lowest BCUT2D eigenvalue weighted by Crippen LogP contribution is -2.14. The van der Waals surface area contributed by atoms with Crippen molar-refractivity contribution in [2.45, 2.75) is 0 Å². The van der Waals surface area contributed by atoms with Gasteiger partial charge in [0.25, 0.3) is 11.8 Å². The van der Waals surface area contributed by atoms with Gasteiger partial charge in [-0.25, -0.2) is 0 Å². The molecule has 3 aromatic carbocycles. The second kappa shape index (κ2) is 9.20. The lowest BCUT2D eigenvalue weighted by atomic mass is 10.2. The van der Waals surface area contributed by atoms with E-state index in [-0.39, 0.29) is 11.7 Å². The molecule has 0 aliphatic rings. The molecule has 0 aliphatic heterocycles. The molecule has 2 amide bonds. The highest BCUT2D eigenvalue weighted by Gasteiger charge is 2.14. The third-order valence-corrected chi connectivity index (χ3v) is 5.31. The van der Waals surface area contributed by atoms with E-state index in [1.54, 1.807) is 60.7 Å². The fraction of sp³-hybridized carbons (Fsp3) is 0. The minimum atomic E-state index is -0.391. The highest BCUT2D eigenvalue weighted by Crippen LogP contribution is 2.25. The molecule has 0 unspecified atom stereocenters. The summed E-state index contributed by atoms with van der Waals surface area (Å²) in [6.45, 7) is 0. The number of anilines is 2. The lowest BCUT2D eigenvalue weighted by molar-refractivity contribution is 0.0995. The zero-order valence-electron chi connectivity index (χ0n) is 16.1. The minimum absolute atomic E-state index is 0.184. The van der Waals surface area contributed by atoms with Gasteiger partial charge in [-0.05, 0) is 54.6 Å². The Kier molecular flexibility index (Phi) is 6.21. The van der Waals surface area contributed by atoms with Crippen LogP contribution >= 0.6 is 27.5 Å². The molecule has 5 nitrogen and oxygen atoms in total. The molecule has 4 aromatic rings. The summed E-state index contributed by atoms with van der Waals surface area (Å²) >= 11 is 9.47. The molecule has 1 aromatic heterocycles. The fourth-order valence-electron chi connectivity index (χ4n) is 2.94. The molecule has 31 heavy (non-hydrogen) atoms. The SMILES string of the molecule is O=C(Nc1cccc(NC(=O)c2ccccc2Cl)c1)c1ccc(-c2ccc(Br)cc2)o1. The second-order valence-corrected chi connectivity index (χ2v) is 7.96. The Bertz CT molecular complexity index is 1250. The van der Waals surface area contributed by atoms with Gasteiger partial charge in [0.1, 0.15) is 5.76 Å². The van der Waals surface area contributed by atoms with Gasteiger partial charge in [0.2, 0.25) is 0 Å². The largest absolute Gasteiger partial charge is 0.451 e. The van der Waals surface area contributed by atoms with Crippen LogP contribution in [0.3, 0.4) is 0 Å². The van der Waals surface area contributed by atoms with Gasteiger partial charge in [-0.15, -0.1) is 0 Å². The van der Waals surface area contributed by atoms with Gasteiger partial charge in [0, 0.05) is 21.4 Å².